The van der Waals surface area contributed by atoms with Crippen molar-refractivity contribution in [3.05, 3.63) is 85.5 Å². The number of nitrogens with one attached hydrogen (secondary N) is 1. The van der Waals surface area contributed by atoms with Crippen LogP contribution in [0.15, 0.2) is 52.6 Å². The van der Waals surface area contributed by atoms with Crippen molar-refractivity contribution in [3.63, 3.8) is 0 Å². The zero-order chi connectivity index (χ0) is 24.7. The lowest BCUT2D eigenvalue weighted by molar-refractivity contribution is -0.0708. The van der Waals surface area contributed by atoms with Gasteiger partial charge in [0, 0.05) is 49.1 Å². The zero-order valence-corrected chi connectivity index (χ0v) is 20.6. The fourth-order valence-electron chi connectivity index (χ4n) is 4.72. The number of hydrogen-bond donors (Lipinski definition) is 1. The highest BCUT2D eigenvalue weighted by atomic mass is 35.5. The van der Waals surface area contributed by atoms with E-state index >= 15 is 0 Å². The second-order valence-electron chi connectivity index (χ2n) is 9.30. The molecule has 0 spiro atoms. The van der Waals surface area contributed by atoms with Crippen LogP contribution in [0.3, 0.4) is 0 Å². The molecule has 0 bridgehead atoms. The van der Waals surface area contributed by atoms with Crippen LogP contribution in [0.5, 0.6) is 0 Å². The van der Waals surface area contributed by atoms with Gasteiger partial charge in [0.05, 0.1) is 23.9 Å². The van der Waals surface area contributed by atoms with Crippen LogP contribution in [-0.2, 0) is 24.9 Å². The highest BCUT2D eigenvalue weighted by molar-refractivity contribution is 6.31. The molecule has 4 heterocycles. The third-order valence-corrected chi connectivity index (χ3v) is 6.73. The quantitative estimate of drug-likeness (QED) is 0.458. The minimum Gasteiger partial charge on any atom is -0.303 e. The molecule has 1 aliphatic rings. The first-order valence-corrected chi connectivity index (χ1v) is 11.9. The molecule has 5 rings (SSSR count). The summed E-state index contributed by atoms with van der Waals surface area (Å²) in [7, 11) is 1.62. The summed E-state index contributed by atoms with van der Waals surface area (Å²) in [6.07, 6.45) is 6.50. The number of aryl methyl sites for hydroxylation is 2. The Balaban J connectivity index is 1.58. The van der Waals surface area contributed by atoms with Crippen LogP contribution >= 0.6 is 11.6 Å². The molecule has 35 heavy (non-hydrogen) atoms. The molecule has 1 aromatic carbocycles. The Bertz CT molecular complexity index is 1520. The van der Waals surface area contributed by atoms with Crippen LogP contribution < -0.4 is 16.7 Å². The maximum absolute atomic E-state index is 12.5. The number of nitrogens with zero attached hydrogens (tertiary/aromatic N) is 5. The van der Waals surface area contributed by atoms with Crippen molar-refractivity contribution in [2.45, 2.75) is 39.3 Å². The van der Waals surface area contributed by atoms with Gasteiger partial charge in [-0.2, -0.15) is 5.10 Å². The summed E-state index contributed by atoms with van der Waals surface area (Å²) in [5, 5.41) is 4.98. The largest absolute Gasteiger partial charge is 0.331 e. The SMILES string of the molecule is Cc1cc(Cl)cc(-c2ncnn3cc(Cn4c(=O)ccn(C)c4=O)cc23)c1CC1C[C@@H](C)CNO1. The predicted octanol–water partition coefficient (Wildman–Crippen LogP) is 2.74. The molecule has 1 N–H and O–H groups in total. The van der Waals surface area contributed by atoms with Gasteiger partial charge in [0.15, 0.2) is 0 Å². The summed E-state index contributed by atoms with van der Waals surface area (Å²) in [5.41, 5.74) is 7.70. The summed E-state index contributed by atoms with van der Waals surface area (Å²) < 4.78 is 4.30. The van der Waals surface area contributed by atoms with Crippen LogP contribution in [0, 0.1) is 12.8 Å². The lowest BCUT2D eigenvalue weighted by atomic mass is 9.91. The molecule has 1 saturated heterocycles. The van der Waals surface area contributed by atoms with Crippen LogP contribution in [0.4, 0.5) is 0 Å². The van der Waals surface area contributed by atoms with E-state index in [1.165, 1.54) is 27.7 Å². The smallest absolute Gasteiger partial charge is 0.303 e. The minimum absolute atomic E-state index is 0.0405. The Morgan fingerprint density at radius 1 is 1.26 bits per heavy atom. The van der Waals surface area contributed by atoms with Crippen LogP contribution in [-0.4, -0.2) is 36.4 Å². The first kappa shape index (κ1) is 23.5. The Morgan fingerprint density at radius 3 is 2.89 bits per heavy atom. The number of aromatic nitrogens is 5. The molecule has 10 heteroatoms. The van der Waals surface area contributed by atoms with E-state index in [1.54, 1.807) is 11.6 Å². The van der Waals surface area contributed by atoms with Crippen molar-refractivity contribution in [1.82, 2.24) is 29.2 Å². The van der Waals surface area contributed by atoms with Gasteiger partial charge >= 0.3 is 5.69 Å². The molecule has 2 atom stereocenters. The number of rotatable bonds is 5. The van der Waals surface area contributed by atoms with Crippen molar-refractivity contribution in [1.29, 1.82) is 0 Å². The maximum Gasteiger partial charge on any atom is 0.331 e. The van der Waals surface area contributed by atoms with E-state index in [4.69, 9.17) is 16.4 Å². The van der Waals surface area contributed by atoms with Crippen molar-refractivity contribution in [2.24, 2.45) is 13.0 Å². The average molecular weight is 495 g/mol. The second-order valence-corrected chi connectivity index (χ2v) is 9.74. The van der Waals surface area contributed by atoms with Gasteiger partial charge in [0.25, 0.3) is 5.56 Å². The maximum atomic E-state index is 12.5. The van der Waals surface area contributed by atoms with Crippen molar-refractivity contribution in [2.75, 3.05) is 6.54 Å². The topological polar surface area (TPSA) is 95.5 Å². The molecule has 1 aliphatic heterocycles. The number of fused-ring (bicyclic) bond motifs is 1. The molecule has 4 aromatic rings. The molecule has 1 fully saturated rings. The molecule has 0 saturated carbocycles. The van der Waals surface area contributed by atoms with E-state index in [0.717, 1.165) is 52.9 Å². The van der Waals surface area contributed by atoms with Gasteiger partial charge in [-0.25, -0.2) is 19.8 Å². The number of halogens is 1. The lowest BCUT2D eigenvalue weighted by Gasteiger charge is -2.28. The van der Waals surface area contributed by atoms with E-state index in [2.05, 4.69) is 22.5 Å². The van der Waals surface area contributed by atoms with Gasteiger partial charge in [-0.05, 0) is 54.2 Å². The normalized spacial score (nSPS) is 18.3. The van der Waals surface area contributed by atoms with Crippen molar-refractivity contribution in [3.8, 4) is 11.3 Å². The summed E-state index contributed by atoms with van der Waals surface area (Å²) in [4.78, 5) is 35.3. The zero-order valence-electron chi connectivity index (χ0n) is 19.9. The fraction of sp³-hybridized carbons (Fsp3) is 0.360. The molecule has 3 aromatic heterocycles. The van der Waals surface area contributed by atoms with E-state index < -0.39 is 0 Å². The van der Waals surface area contributed by atoms with Crippen molar-refractivity contribution < 1.29 is 4.84 Å². The Morgan fingerprint density at radius 2 is 2.09 bits per heavy atom. The fourth-order valence-corrected chi connectivity index (χ4v) is 4.99. The molecule has 0 aliphatic carbocycles. The molecular weight excluding hydrogens is 468 g/mol. The van der Waals surface area contributed by atoms with Gasteiger partial charge in [-0.1, -0.05) is 18.5 Å². The Labute approximate surface area is 206 Å². The van der Waals surface area contributed by atoms with E-state index in [9.17, 15) is 9.59 Å². The van der Waals surface area contributed by atoms with E-state index in [1.807, 2.05) is 31.3 Å². The minimum atomic E-state index is -0.373. The molecular formula is C25H27ClN6O3. The van der Waals surface area contributed by atoms with E-state index in [-0.39, 0.29) is 23.9 Å². The molecule has 9 nitrogen and oxygen atoms in total. The molecule has 0 radical (unpaired) electrons. The van der Waals surface area contributed by atoms with Crippen LogP contribution in [0.25, 0.3) is 16.8 Å². The first-order chi connectivity index (χ1) is 16.8. The third-order valence-electron chi connectivity index (χ3n) is 6.51. The Hall–Kier alpha value is -3.27. The standard InChI is InChI=1S/C25H27ClN6O3/c1-15-6-19(35-29-11-15)10-20-16(2)7-18(26)9-21(20)24-22-8-17(13-32(22)28-14-27-24)12-31-23(33)4-5-30(3)25(31)34/h4-5,7-9,13-15,19,29H,6,10-12H2,1-3H3/t15-,19?/m1/s1. The molecule has 182 valence electrons. The third kappa shape index (κ3) is 4.67. The van der Waals surface area contributed by atoms with Gasteiger partial charge in [0.1, 0.15) is 6.33 Å². The first-order valence-electron chi connectivity index (χ1n) is 11.6. The Kier molecular flexibility index (Phi) is 6.31. The van der Waals surface area contributed by atoms with Gasteiger partial charge < -0.3 is 4.57 Å². The van der Waals surface area contributed by atoms with Crippen LogP contribution in [0.1, 0.15) is 30.0 Å². The number of hydrogen-bond acceptors (Lipinski definition) is 6. The van der Waals surface area contributed by atoms with E-state index in [0.29, 0.717) is 10.9 Å². The summed E-state index contributed by atoms with van der Waals surface area (Å²) in [6.45, 7) is 5.23. The predicted molar refractivity (Wildman–Crippen MR) is 134 cm³/mol. The van der Waals surface area contributed by atoms with Crippen molar-refractivity contribution >= 4 is 17.1 Å². The summed E-state index contributed by atoms with van der Waals surface area (Å²) >= 11 is 6.48. The number of hydroxylamine groups is 1. The van der Waals surface area contributed by atoms with Gasteiger partial charge in [-0.3, -0.25) is 14.2 Å². The summed E-state index contributed by atoms with van der Waals surface area (Å²) in [6, 6.07) is 7.18. The van der Waals surface area contributed by atoms with Gasteiger partial charge in [0.2, 0.25) is 0 Å². The second kappa shape index (κ2) is 9.41. The highest BCUT2D eigenvalue weighted by Crippen LogP contribution is 2.33. The van der Waals surface area contributed by atoms with Gasteiger partial charge in [-0.15, -0.1) is 0 Å². The average Bonchev–Trinajstić information content (AvgIpc) is 3.24. The highest BCUT2D eigenvalue weighted by Gasteiger charge is 2.24. The lowest BCUT2D eigenvalue weighted by Crippen LogP contribution is -2.38. The molecule has 0 amide bonds. The monoisotopic (exact) mass is 494 g/mol. The molecule has 1 unspecified atom stereocenters. The van der Waals surface area contributed by atoms with Crippen LogP contribution in [0.2, 0.25) is 5.02 Å². The summed E-state index contributed by atoms with van der Waals surface area (Å²) in [5.74, 6) is 0.526. The number of benzene rings is 1.